The van der Waals surface area contributed by atoms with Crippen LogP contribution in [0, 0.1) is 26.6 Å². The Kier molecular flexibility index (Phi) is 6.32. The molecule has 0 radical (unpaired) electrons. The third kappa shape index (κ3) is 4.74. The molecule has 0 bridgehead atoms. The van der Waals surface area contributed by atoms with E-state index in [2.05, 4.69) is 43.1 Å². The van der Waals surface area contributed by atoms with Gasteiger partial charge in [-0.05, 0) is 56.0 Å². The van der Waals surface area contributed by atoms with Crippen LogP contribution in [0.1, 0.15) is 35.2 Å². The third-order valence-corrected chi connectivity index (χ3v) is 3.38. The van der Waals surface area contributed by atoms with Crippen molar-refractivity contribution in [2.45, 2.75) is 33.6 Å². The Bertz CT molecular complexity index is 552. The van der Waals surface area contributed by atoms with Crippen LogP contribution in [0.2, 0.25) is 0 Å². The Morgan fingerprint density at radius 2 is 1.80 bits per heavy atom. The summed E-state index contributed by atoms with van der Waals surface area (Å²) < 4.78 is 12.3. The summed E-state index contributed by atoms with van der Waals surface area (Å²) in [5, 5.41) is 0. The number of hydrogen-bond acceptors (Lipinski definition) is 2. The maximum Gasteiger partial charge on any atom is 0.141 e. The molecule has 0 saturated carbocycles. The minimum absolute atomic E-state index is 0.266. The molecule has 0 aliphatic heterocycles. The molecule has 0 fully saturated rings. The molecule has 1 aromatic heterocycles. The van der Waals surface area contributed by atoms with Crippen LogP contribution in [-0.2, 0) is 0 Å². The van der Waals surface area contributed by atoms with Gasteiger partial charge in [-0.25, -0.2) is 4.39 Å². The third-order valence-electron chi connectivity index (χ3n) is 3.38. The number of benzene rings is 1. The van der Waals surface area contributed by atoms with Crippen LogP contribution in [0.25, 0.3) is 0 Å². The van der Waals surface area contributed by atoms with Crippen LogP contribution in [0.15, 0.2) is 36.5 Å². The first-order valence-electron chi connectivity index (χ1n) is 6.80. The number of hydrogen-bond donors (Lipinski definition) is 1. The van der Waals surface area contributed by atoms with Crippen molar-refractivity contribution in [2.24, 2.45) is 5.73 Å². The van der Waals surface area contributed by atoms with E-state index in [0.29, 0.717) is 5.92 Å². The van der Waals surface area contributed by atoms with Crippen LogP contribution in [-0.4, -0.2) is 11.5 Å². The Hall–Kier alpha value is -1.74. The van der Waals surface area contributed by atoms with Crippen LogP contribution in [0.3, 0.4) is 0 Å². The molecule has 0 aliphatic rings. The first-order chi connectivity index (χ1) is 9.45. The van der Waals surface area contributed by atoms with E-state index >= 15 is 0 Å². The number of aromatic nitrogens is 1. The molecule has 1 atom stereocenters. The van der Waals surface area contributed by atoms with Crippen molar-refractivity contribution in [2.75, 3.05) is 6.54 Å². The van der Waals surface area contributed by atoms with E-state index in [0.717, 1.165) is 17.8 Å². The van der Waals surface area contributed by atoms with Crippen molar-refractivity contribution in [3.63, 3.8) is 0 Å². The van der Waals surface area contributed by atoms with Crippen LogP contribution >= 0.6 is 0 Å². The minimum Gasteiger partial charge on any atom is -0.330 e. The molecule has 1 heterocycles. The Balaban J connectivity index is 0.000000204. The highest BCUT2D eigenvalue weighted by Gasteiger charge is 2.03. The minimum atomic E-state index is -0.266. The predicted molar refractivity (Wildman–Crippen MR) is 82.3 cm³/mol. The maximum absolute atomic E-state index is 12.3. The smallest absolute Gasteiger partial charge is 0.141 e. The molecule has 0 amide bonds. The van der Waals surface area contributed by atoms with Gasteiger partial charge in [-0.2, -0.15) is 0 Å². The van der Waals surface area contributed by atoms with Gasteiger partial charge in [0.2, 0.25) is 0 Å². The fourth-order valence-corrected chi connectivity index (χ4v) is 1.88. The number of aryl methyl sites for hydroxylation is 3. The van der Waals surface area contributed by atoms with Crippen molar-refractivity contribution in [1.29, 1.82) is 0 Å². The van der Waals surface area contributed by atoms with Crippen molar-refractivity contribution in [1.82, 2.24) is 4.98 Å². The average Bonchev–Trinajstić information content (AvgIpc) is 2.44. The molecule has 0 aliphatic carbocycles. The molecular formula is C17H23FN2. The Morgan fingerprint density at radius 3 is 2.30 bits per heavy atom. The second kappa shape index (κ2) is 7.75. The highest BCUT2D eigenvalue weighted by Crippen LogP contribution is 2.17. The monoisotopic (exact) mass is 274 g/mol. The normalized spacial score (nSPS) is 11.5. The molecule has 0 spiro atoms. The summed E-state index contributed by atoms with van der Waals surface area (Å²) in [6.45, 7) is 8.70. The first-order valence-corrected chi connectivity index (χ1v) is 6.80. The molecule has 2 aromatic rings. The number of halogens is 1. The number of nitrogens with zero attached hydrogens (tertiary/aromatic N) is 1. The molecule has 0 saturated heterocycles. The molecule has 2 N–H and O–H groups in total. The van der Waals surface area contributed by atoms with Gasteiger partial charge in [0.1, 0.15) is 5.82 Å². The maximum atomic E-state index is 12.3. The Labute approximate surface area is 120 Å². The van der Waals surface area contributed by atoms with E-state index < -0.39 is 0 Å². The largest absolute Gasteiger partial charge is 0.330 e. The Morgan fingerprint density at radius 1 is 1.15 bits per heavy atom. The lowest BCUT2D eigenvalue weighted by Crippen LogP contribution is -2.09. The van der Waals surface area contributed by atoms with E-state index in [9.17, 15) is 4.39 Å². The molecule has 108 valence electrons. The number of rotatable bonds is 2. The highest BCUT2D eigenvalue weighted by molar-refractivity contribution is 5.28. The zero-order valence-corrected chi connectivity index (χ0v) is 12.7. The lowest BCUT2D eigenvalue weighted by atomic mass is 9.97. The summed E-state index contributed by atoms with van der Waals surface area (Å²) in [7, 11) is 0. The predicted octanol–water partition coefficient (Wildman–Crippen LogP) is 3.89. The van der Waals surface area contributed by atoms with E-state index in [-0.39, 0.29) is 5.82 Å². The van der Waals surface area contributed by atoms with Gasteiger partial charge < -0.3 is 5.73 Å². The lowest BCUT2D eigenvalue weighted by Gasteiger charge is -2.11. The fourth-order valence-electron chi connectivity index (χ4n) is 1.88. The summed E-state index contributed by atoms with van der Waals surface area (Å²) in [6, 6.07) is 9.87. The van der Waals surface area contributed by atoms with Crippen molar-refractivity contribution in [3.8, 4) is 0 Å². The van der Waals surface area contributed by atoms with Gasteiger partial charge in [-0.3, -0.25) is 4.98 Å². The van der Waals surface area contributed by atoms with Crippen molar-refractivity contribution in [3.05, 3.63) is 64.7 Å². The van der Waals surface area contributed by atoms with Gasteiger partial charge in [0.05, 0.1) is 6.20 Å². The summed E-state index contributed by atoms with van der Waals surface area (Å²) in [5.41, 5.74) is 10.1. The van der Waals surface area contributed by atoms with Gasteiger partial charge in [0.15, 0.2) is 0 Å². The molecule has 0 unspecified atom stereocenters. The van der Waals surface area contributed by atoms with E-state index in [1.807, 2.05) is 13.8 Å². The average molecular weight is 274 g/mol. The zero-order valence-electron chi connectivity index (χ0n) is 12.7. The van der Waals surface area contributed by atoms with Gasteiger partial charge in [0, 0.05) is 5.69 Å². The molecular weight excluding hydrogens is 251 g/mol. The molecule has 2 rings (SSSR count). The van der Waals surface area contributed by atoms with Crippen LogP contribution in [0.4, 0.5) is 4.39 Å². The van der Waals surface area contributed by atoms with Gasteiger partial charge in [-0.15, -0.1) is 0 Å². The van der Waals surface area contributed by atoms with E-state index in [1.165, 1.54) is 23.4 Å². The molecule has 3 heteroatoms. The molecule has 20 heavy (non-hydrogen) atoms. The number of pyridine rings is 1. The standard InChI is InChI=1S/C10H15N.C7H8FN/c1-8-5-3-4-6-10(8)9(2)7-11;1-5-3-7(8)4-9-6(5)2/h3-6,9H,7,11H2,1-2H3;3-4H,1-2H3/t9-;/m0./s1. The van der Waals surface area contributed by atoms with Crippen molar-refractivity contribution < 1.29 is 4.39 Å². The van der Waals surface area contributed by atoms with Gasteiger partial charge in [0.25, 0.3) is 0 Å². The summed E-state index contributed by atoms with van der Waals surface area (Å²) >= 11 is 0. The van der Waals surface area contributed by atoms with Gasteiger partial charge >= 0.3 is 0 Å². The van der Waals surface area contributed by atoms with Gasteiger partial charge in [-0.1, -0.05) is 31.2 Å². The fraction of sp³-hybridized carbons (Fsp3) is 0.353. The highest BCUT2D eigenvalue weighted by atomic mass is 19.1. The quantitative estimate of drug-likeness (QED) is 0.902. The zero-order chi connectivity index (χ0) is 15.1. The van der Waals surface area contributed by atoms with Crippen molar-refractivity contribution >= 4 is 0 Å². The second-order valence-corrected chi connectivity index (χ2v) is 5.05. The topological polar surface area (TPSA) is 38.9 Å². The second-order valence-electron chi connectivity index (χ2n) is 5.05. The SMILES string of the molecule is Cc1cc(F)cnc1C.Cc1ccccc1[C@@H](C)CN. The summed E-state index contributed by atoms with van der Waals surface area (Å²) in [6.07, 6.45) is 1.22. The summed E-state index contributed by atoms with van der Waals surface area (Å²) in [5.74, 6) is 0.217. The first kappa shape index (κ1) is 16.3. The van der Waals surface area contributed by atoms with Crippen LogP contribution in [0.5, 0.6) is 0 Å². The molecule has 1 aromatic carbocycles. The summed E-state index contributed by atoms with van der Waals surface area (Å²) in [4.78, 5) is 3.80. The number of nitrogens with two attached hydrogens (primary N) is 1. The lowest BCUT2D eigenvalue weighted by molar-refractivity contribution is 0.618. The van der Waals surface area contributed by atoms with E-state index in [4.69, 9.17) is 5.73 Å². The van der Waals surface area contributed by atoms with Crippen LogP contribution < -0.4 is 5.73 Å². The molecule has 2 nitrogen and oxygen atoms in total. The van der Waals surface area contributed by atoms with E-state index in [1.54, 1.807) is 0 Å².